The average Bonchev–Trinajstić information content (AvgIpc) is 2.80. The maximum Gasteiger partial charge on any atom is 0.230 e. The largest absolute Gasteiger partial charge is 0.349 e. The lowest BCUT2D eigenvalue weighted by molar-refractivity contribution is -0.120. The maximum atomic E-state index is 11.8. The second-order valence-electron chi connectivity index (χ2n) is 4.99. The molecule has 8 heteroatoms. The number of hydrogen-bond acceptors (Lipinski definition) is 6. The van der Waals surface area contributed by atoms with Gasteiger partial charge in [-0.05, 0) is 20.3 Å². The van der Waals surface area contributed by atoms with E-state index in [-0.39, 0.29) is 23.2 Å². The topological polar surface area (TPSA) is 76.1 Å². The van der Waals surface area contributed by atoms with E-state index < -0.39 is 15.4 Å². The number of carbonyl (C=O) groups excluding carboxylic acids is 1. The number of aryl methyl sites for hydroxylation is 1. The Morgan fingerprint density at radius 2 is 2.37 bits per heavy atom. The lowest BCUT2D eigenvalue weighted by atomic mass is 10.0. The van der Waals surface area contributed by atoms with E-state index in [2.05, 4.69) is 10.3 Å². The fourth-order valence-corrected chi connectivity index (χ4v) is 5.75. The average molecular weight is 320 g/mol. The number of carbonyl (C=O) groups is 1. The van der Waals surface area contributed by atoms with Gasteiger partial charge in [0.25, 0.3) is 0 Å². The number of rotatable bonds is 4. The molecule has 1 aromatic heterocycles. The Bertz CT molecular complexity index is 582. The molecule has 1 amide bonds. The van der Waals surface area contributed by atoms with E-state index in [0.29, 0.717) is 6.42 Å². The molecule has 0 radical (unpaired) electrons. The molecule has 0 unspecified atom stereocenters. The number of thioether (sulfide) groups is 1. The van der Waals surface area contributed by atoms with Crippen LogP contribution in [0.2, 0.25) is 0 Å². The number of nitrogens with zero attached hydrogens (tertiary/aromatic N) is 1. The zero-order chi connectivity index (χ0) is 14.1. The third-order valence-corrected chi connectivity index (χ3v) is 6.91. The molecule has 1 N–H and O–H groups in total. The van der Waals surface area contributed by atoms with Crippen LogP contribution in [-0.2, 0) is 14.6 Å². The molecule has 0 aromatic carbocycles. The fourth-order valence-electron chi connectivity index (χ4n) is 2.01. The Morgan fingerprint density at radius 1 is 1.63 bits per heavy atom. The van der Waals surface area contributed by atoms with Gasteiger partial charge in [0.15, 0.2) is 14.2 Å². The van der Waals surface area contributed by atoms with E-state index in [4.69, 9.17) is 0 Å². The number of amides is 1. The predicted octanol–water partition coefficient (Wildman–Crippen LogP) is 1.24. The highest BCUT2D eigenvalue weighted by atomic mass is 32.2. The molecule has 1 aromatic rings. The van der Waals surface area contributed by atoms with Gasteiger partial charge in [-0.15, -0.1) is 11.3 Å². The van der Waals surface area contributed by atoms with E-state index in [9.17, 15) is 13.2 Å². The highest BCUT2D eigenvalue weighted by Crippen LogP contribution is 2.25. The molecule has 0 saturated carbocycles. The van der Waals surface area contributed by atoms with Crippen molar-refractivity contribution >= 4 is 38.8 Å². The number of hydrogen-bond donors (Lipinski definition) is 1. The minimum Gasteiger partial charge on any atom is -0.349 e. The molecule has 106 valence electrons. The summed E-state index contributed by atoms with van der Waals surface area (Å²) in [6, 6.07) is 0. The van der Waals surface area contributed by atoms with Gasteiger partial charge in [-0.1, -0.05) is 11.8 Å². The highest BCUT2D eigenvalue weighted by Gasteiger charge is 2.39. The van der Waals surface area contributed by atoms with Gasteiger partial charge in [-0.25, -0.2) is 13.4 Å². The molecule has 1 aliphatic rings. The summed E-state index contributed by atoms with van der Waals surface area (Å²) in [4.78, 5) is 16.1. The van der Waals surface area contributed by atoms with E-state index in [0.717, 1.165) is 10.0 Å². The predicted molar refractivity (Wildman–Crippen MR) is 77.4 cm³/mol. The molecule has 0 spiro atoms. The van der Waals surface area contributed by atoms with Crippen LogP contribution in [0.5, 0.6) is 0 Å². The van der Waals surface area contributed by atoms with Crippen molar-refractivity contribution in [1.29, 1.82) is 0 Å². The van der Waals surface area contributed by atoms with Crippen molar-refractivity contribution in [3.8, 4) is 0 Å². The summed E-state index contributed by atoms with van der Waals surface area (Å²) in [6.07, 6.45) is 0.488. The first-order valence-corrected chi connectivity index (χ1v) is 9.53. The Kier molecular flexibility index (Phi) is 4.22. The Balaban J connectivity index is 1.85. The Hall–Kier alpha value is -0.600. The van der Waals surface area contributed by atoms with E-state index >= 15 is 0 Å². The molecule has 1 fully saturated rings. The fraction of sp³-hybridized carbons (Fsp3) is 0.636. The number of aromatic nitrogens is 1. The van der Waals surface area contributed by atoms with Gasteiger partial charge in [0, 0.05) is 11.1 Å². The van der Waals surface area contributed by atoms with Gasteiger partial charge in [-0.3, -0.25) is 4.79 Å². The van der Waals surface area contributed by atoms with Crippen molar-refractivity contribution in [2.75, 3.05) is 17.3 Å². The van der Waals surface area contributed by atoms with Crippen molar-refractivity contribution < 1.29 is 13.2 Å². The summed E-state index contributed by atoms with van der Waals surface area (Å²) in [7, 11) is -3.00. The highest BCUT2D eigenvalue weighted by molar-refractivity contribution is 8.01. The molecular formula is C11H16N2O3S3. The van der Waals surface area contributed by atoms with Crippen LogP contribution in [0, 0.1) is 6.92 Å². The van der Waals surface area contributed by atoms with Gasteiger partial charge in [0.1, 0.15) is 0 Å². The van der Waals surface area contributed by atoms with Crippen LogP contribution < -0.4 is 5.32 Å². The smallest absolute Gasteiger partial charge is 0.230 e. The normalized spacial score (nSPS) is 25.4. The summed E-state index contributed by atoms with van der Waals surface area (Å²) in [5.41, 5.74) is 0.330. The van der Waals surface area contributed by atoms with Crippen LogP contribution >= 0.6 is 23.1 Å². The SMILES string of the molecule is Cc1csc(SCC(=O)N[C@]2(C)CCS(=O)(=O)C2)n1. The van der Waals surface area contributed by atoms with Crippen LogP contribution in [0.1, 0.15) is 19.0 Å². The van der Waals surface area contributed by atoms with Crippen molar-refractivity contribution in [3.05, 3.63) is 11.1 Å². The standard InChI is InChI=1S/C11H16N2O3S3/c1-8-5-17-10(12-8)18-6-9(14)13-11(2)3-4-19(15,16)7-11/h5H,3-4,6-7H2,1-2H3,(H,13,14)/t11-/m1/s1. The van der Waals surface area contributed by atoms with Crippen molar-refractivity contribution in [1.82, 2.24) is 10.3 Å². The lowest BCUT2D eigenvalue weighted by Gasteiger charge is -2.23. The minimum atomic E-state index is -3.00. The number of thiazole rings is 1. The van der Waals surface area contributed by atoms with Crippen LogP contribution in [0.15, 0.2) is 9.72 Å². The maximum absolute atomic E-state index is 11.8. The first-order chi connectivity index (χ1) is 8.78. The Labute approximate surface area is 121 Å². The van der Waals surface area contributed by atoms with Gasteiger partial charge in [-0.2, -0.15) is 0 Å². The molecule has 0 bridgehead atoms. The molecule has 2 heterocycles. The van der Waals surface area contributed by atoms with E-state index in [1.54, 1.807) is 6.92 Å². The summed E-state index contributed by atoms with van der Waals surface area (Å²) in [6.45, 7) is 3.69. The summed E-state index contributed by atoms with van der Waals surface area (Å²) < 4.78 is 23.7. The van der Waals surface area contributed by atoms with Crippen LogP contribution in [0.4, 0.5) is 0 Å². The number of sulfone groups is 1. The first-order valence-electron chi connectivity index (χ1n) is 5.84. The van der Waals surface area contributed by atoms with Crippen LogP contribution in [0.3, 0.4) is 0 Å². The van der Waals surface area contributed by atoms with E-state index in [1.807, 2.05) is 12.3 Å². The van der Waals surface area contributed by atoms with Gasteiger partial charge >= 0.3 is 0 Å². The summed E-state index contributed by atoms with van der Waals surface area (Å²) in [5, 5.41) is 4.76. The Morgan fingerprint density at radius 3 is 2.89 bits per heavy atom. The van der Waals surface area contributed by atoms with Gasteiger partial charge in [0.2, 0.25) is 5.91 Å². The molecule has 1 aliphatic heterocycles. The van der Waals surface area contributed by atoms with Gasteiger partial charge < -0.3 is 5.32 Å². The number of nitrogens with one attached hydrogen (secondary N) is 1. The second kappa shape index (κ2) is 5.41. The third-order valence-electron chi connectivity index (χ3n) is 2.87. The molecule has 2 rings (SSSR count). The summed E-state index contributed by atoms with van der Waals surface area (Å²) >= 11 is 2.89. The molecule has 1 saturated heterocycles. The van der Waals surface area contributed by atoms with Crippen molar-refractivity contribution in [2.24, 2.45) is 0 Å². The van der Waals surface area contributed by atoms with Gasteiger partial charge in [0.05, 0.1) is 22.8 Å². The van der Waals surface area contributed by atoms with E-state index in [1.165, 1.54) is 23.1 Å². The first kappa shape index (κ1) is 14.8. The molecular weight excluding hydrogens is 304 g/mol. The molecule has 19 heavy (non-hydrogen) atoms. The quantitative estimate of drug-likeness (QED) is 0.845. The molecule has 0 aliphatic carbocycles. The molecule has 5 nitrogen and oxygen atoms in total. The van der Waals surface area contributed by atoms with Crippen molar-refractivity contribution in [3.63, 3.8) is 0 Å². The zero-order valence-electron chi connectivity index (χ0n) is 10.8. The molecule has 1 atom stereocenters. The third kappa shape index (κ3) is 4.19. The lowest BCUT2D eigenvalue weighted by Crippen LogP contribution is -2.47. The minimum absolute atomic E-state index is 0.0345. The monoisotopic (exact) mass is 320 g/mol. The second-order valence-corrected chi connectivity index (χ2v) is 9.26. The zero-order valence-corrected chi connectivity index (χ0v) is 13.3. The van der Waals surface area contributed by atoms with Crippen molar-refractivity contribution in [2.45, 2.75) is 30.1 Å². The summed E-state index contributed by atoms with van der Waals surface area (Å²) in [5.74, 6) is 0.315. The van der Waals surface area contributed by atoms with Crippen LogP contribution in [-0.4, -0.2) is 42.1 Å². The van der Waals surface area contributed by atoms with Crippen LogP contribution in [0.25, 0.3) is 0 Å².